The highest BCUT2D eigenvalue weighted by molar-refractivity contribution is 7.13. The van der Waals surface area contributed by atoms with E-state index in [2.05, 4.69) is 34.2 Å². The molecule has 2 aromatic carbocycles. The van der Waals surface area contributed by atoms with Crippen LogP contribution < -0.4 is 4.74 Å². The van der Waals surface area contributed by atoms with E-state index in [9.17, 15) is 10.1 Å². The summed E-state index contributed by atoms with van der Waals surface area (Å²) in [5, 5.41) is 13.8. The lowest BCUT2D eigenvalue weighted by atomic mass is 9.84. The van der Waals surface area contributed by atoms with Gasteiger partial charge in [0.05, 0.1) is 17.7 Å². The summed E-state index contributed by atoms with van der Waals surface area (Å²) in [4.78, 5) is 19.7. The average Bonchev–Trinajstić information content (AvgIpc) is 3.27. The molecule has 0 amide bonds. The first-order valence-electron chi connectivity index (χ1n) is 10.1. The van der Waals surface area contributed by atoms with Crippen LogP contribution in [0, 0.1) is 10.1 Å². The van der Waals surface area contributed by atoms with Crippen molar-refractivity contribution in [2.45, 2.75) is 38.0 Å². The van der Waals surface area contributed by atoms with Gasteiger partial charge in [-0.25, -0.2) is 9.98 Å². The Morgan fingerprint density at radius 1 is 1.17 bits per heavy atom. The summed E-state index contributed by atoms with van der Waals surface area (Å²) in [6.45, 7) is 0. The van der Waals surface area contributed by atoms with Crippen molar-refractivity contribution >= 4 is 28.4 Å². The number of nitro groups is 1. The number of hydrogen-bond acceptors (Lipinski definition) is 6. The molecule has 3 aromatic rings. The quantitative estimate of drug-likeness (QED) is 0.258. The molecule has 0 N–H and O–H groups in total. The minimum absolute atomic E-state index is 0.0840. The van der Waals surface area contributed by atoms with Crippen LogP contribution in [0.1, 0.15) is 49.1 Å². The van der Waals surface area contributed by atoms with E-state index in [1.165, 1.54) is 62.2 Å². The van der Waals surface area contributed by atoms with Gasteiger partial charge in [0.25, 0.3) is 0 Å². The van der Waals surface area contributed by atoms with Gasteiger partial charge in [-0.05, 0) is 42.0 Å². The molecule has 30 heavy (non-hydrogen) atoms. The fraction of sp³-hybridized carbons (Fsp3) is 0.304. The molecule has 0 unspecified atom stereocenters. The molecule has 154 valence electrons. The number of hydrogen-bond donors (Lipinski definition) is 0. The van der Waals surface area contributed by atoms with Gasteiger partial charge >= 0.3 is 5.69 Å². The lowest BCUT2D eigenvalue weighted by molar-refractivity contribution is -0.385. The number of nitrogens with zero attached hydrogens (tertiary/aromatic N) is 3. The number of aromatic nitrogens is 1. The lowest BCUT2D eigenvalue weighted by Crippen LogP contribution is -2.04. The van der Waals surface area contributed by atoms with Crippen LogP contribution in [-0.4, -0.2) is 23.2 Å². The van der Waals surface area contributed by atoms with E-state index in [0.29, 0.717) is 16.6 Å². The predicted octanol–water partition coefficient (Wildman–Crippen LogP) is 6.53. The molecule has 0 atom stereocenters. The summed E-state index contributed by atoms with van der Waals surface area (Å²) in [7, 11) is 1.41. The monoisotopic (exact) mass is 421 g/mol. The Morgan fingerprint density at radius 2 is 1.93 bits per heavy atom. The fourth-order valence-electron chi connectivity index (χ4n) is 3.88. The van der Waals surface area contributed by atoms with Crippen molar-refractivity contribution in [3.8, 4) is 17.0 Å². The van der Waals surface area contributed by atoms with Gasteiger partial charge in [-0.15, -0.1) is 11.3 Å². The molecule has 0 spiro atoms. The number of ether oxygens (including phenoxy) is 1. The zero-order valence-electron chi connectivity index (χ0n) is 16.8. The molecule has 0 saturated heterocycles. The third-order valence-electron chi connectivity index (χ3n) is 5.50. The summed E-state index contributed by atoms with van der Waals surface area (Å²) < 4.78 is 5.03. The summed E-state index contributed by atoms with van der Waals surface area (Å²) in [6, 6.07) is 13.5. The van der Waals surface area contributed by atoms with Crippen LogP contribution in [0.3, 0.4) is 0 Å². The van der Waals surface area contributed by atoms with Gasteiger partial charge in [0.15, 0.2) is 5.75 Å². The molecule has 1 aliphatic carbocycles. The molecule has 0 radical (unpaired) electrons. The molecule has 1 fully saturated rings. The van der Waals surface area contributed by atoms with Crippen LogP contribution in [0.15, 0.2) is 52.8 Å². The summed E-state index contributed by atoms with van der Waals surface area (Å²) >= 11 is 1.45. The van der Waals surface area contributed by atoms with E-state index >= 15 is 0 Å². The molecule has 1 aliphatic rings. The molecule has 0 bridgehead atoms. The summed E-state index contributed by atoms with van der Waals surface area (Å²) in [5.41, 5.74) is 3.93. The third kappa shape index (κ3) is 4.57. The summed E-state index contributed by atoms with van der Waals surface area (Å²) in [6.07, 6.45) is 8.19. The Labute approximate surface area is 179 Å². The molecule has 1 saturated carbocycles. The molecular formula is C23H23N3O3S. The average molecular weight is 422 g/mol. The summed E-state index contributed by atoms with van der Waals surface area (Å²) in [5.74, 6) is 0.919. The smallest absolute Gasteiger partial charge is 0.311 e. The molecular weight excluding hydrogens is 398 g/mol. The van der Waals surface area contributed by atoms with Crippen LogP contribution in [0.4, 0.5) is 10.8 Å². The zero-order valence-corrected chi connectivity index (χ0v) is 17.6. The van der Waals surface area contributed by atoms with Crippen molar-refractivity contribution in [1.82, 2.24) is 4.98 Å². The van der Waals surface area contributed by atoms with Crippen molar-refractivity contribution in [3.63, 3.8) is 0 Å². The topological polar surface area (TPSA) is 77.6 Å². The van der Waals surface area contributed by atoms with Gasteiger partial charge in [0.1, 0.15) is 0 Å². The van der Waals surface area contributed by atoms with Crippen LogP contribution >= 0.6 is 11.3 Å². The van der Waals surface area contributed by atoms with E-state index in [-0.39, 0.29) is 11.4 Å². The Balaban J connectivity index is 1.48. The van der Waals surface area contributed by atoms with E-state index in [1.807, 2.05) is 5.38 Å². The van der Waals surface area contributed by atoms with Gasteiger partial charge in [-0.3, -0.25) is 10.1 Å². The molecule has 0 aliphatic heterocycles. The normalized spacial score (nSPS) is 14.8. The van der Waals surface area contributed by atoms with Crippen LogP contribution in [-0.2, 0) is 0 Å². The zero-order chi connectivity index (χ0) is 20.9. The molecule has 1 heterocycles. The second-order valence-corrected chi connectivity index (χ2v) is 8.26. The number of thiazole rings is 1. The highest BCUT2D eigenvalue weighted by Crippen LogP contribution is 2.34. The molecule has 6 nitrogen and oxygen atoms in total. The second-order valence-electron chi connectivity index (χ2n) is 7.42. The lowest BCUT2D eigenvalue weighted by Gasteiger charge is -2.22. The van der Waals surface area contributed by atoms with Crippen molar-refractivity contribution < 1.29 is 9.66 Å². The highest BCUT2D eigenvalue weighted by atomic mass is 32.1. The first-order valence-corrected chi connectivity index (χ1v) is 10.9. The second kappa shape index (κ2) is 9.17. The standard InChI is InChI=1S/C23H23N3O3S/c1-29-22-12-7-16(13-21(22)26(27)28)14-24-23-25-20(15-30-23)19-10-8-18(9-11-19)17-5-3-2-4-6-17/h7-15,17H,2-6H2,1H3. The maximum Gasteiger partial charge on any atom is 0.311 e. The van der Waals surface area contributed by atoms with E-state index < -0.39 is 4.92 Å². The number of aliphatic imine (C=N–C) groups is 1. The highest BCUT2D eigenvalue weighted by Gasteiger charge is 2.16. The van der Waals surface area contributed by atoms with E-state index in [1.54, 1.807) is 18.3 Å². The van der Waals surface area contributed by atoms with E-state index in [4.69, 9.17) is 4.74 Å². The van der Waals surface area contributed by atoms with Crippen molar-refractivity contribution in [3.05, 3.63) is 69.1 Å². The predicted molar refractivity (Wildman–Crippen MR) is 120 cm³/mol. The van der Waals surface area contributed by atoms with Crippen LogP contribution in [0.2, 0.25) is 0 Å². The Kier molecular flexibility index (Phi) is 6.18. The minimum atomic E-state index is -0.464. The largest absolute Gasteiger partial charge is 0.490 e. The maximum absolute atomic E-state index is 11.2. The van der Waals surface area contributed by atoms with Crippen molar-refractivity contribution in [1.29, 1.82) is 0 Å². The van der Waals surface area contributed by atoms with Gasteiger partial charge in [0, 0.05) is 23.2 Å². The first-order chi connectivity index (χ1) is 14.6. The minimum Gasteiger partial charge on any atom is -0.490 e. The van der Waals surface area contributed by atoms with Crippen LogP contribution in [0.5, 0.6) is 5.75 Å². The Bertz CT molecular complexity index is 1050. The molecule has 7 heteroatoms. The SMILES string of the molecule is COc1ccc(C=Nc2nc(-c3ccc(C4CCCCC4)cc3)cs2)cc1[N+](=O)[O-]. The molecule has 1 aromatic heterocycles. The number of rotatable bonds is 6. The fourth-order valence-corrected chi connectivity index (χ4v) is 4.55. The van der Waals surface area contributed by atoms with Gasteiger partial charge in [-0.1, -0.05) is 43.5 Å². The van der Waals surface area contributed by atoms with Crippen molar-refractivity contribution in [2.75, 3.05) is 7.11 Å². The number of methoxy groups -OCH3 is 1. The maximum atomic E-state index is 11.2. The van der Waals surface area contributed by atoms with E-state index in [0.717, 1.165) is 11.3 Å². The van der Waals surface area contributed by atoms with Crippen LogP contribution in [0.25, 0.3) is 11.3 Å². The van der Waals surface area contributed by atoms with Gasteiger partial charge in [0.2, 0.25) is 5.13 Å². The third-order valence-corrected chi connectivity index (χ3v) is 6.25. The molecule has 4 rings (SSSR count). The van der Waals surface area contributed by atoms with Crippen molar-refractivity contribution in [2.24, 2.45) is 4.99 Å². The first kappa shape index (κ1) is 20.2. The Hall–Kier alpha value is -3.06. The number of benzene rings is 2. The number of nitro benzene ring substituents is 1. The van der Waals surface area contributed by atoms with Gasteiger partial charge in [-0.2, -0.15) is 0 Å². The van der Waals surface area contributed by atoms with Gasteiger partial charge < -0.3 is 4.74 Å². The Morgan fingerprint density at radius 3 is 2.63 bits per heavy atom.